The van der Waals surface area contributed by atoms with Crippen LogP contribution in [0.2, 0.25) is 5.15 Å². The number of aromatic nitrogens is 1. The smallest absolute Gasteiger partial charge is 0.382 e. The monoisotopic (exact) mass is 278 g/mol. The Morgan fingerprint density at radius 2 is 2.11 bits per heavy atom. The summed E-state index contributed by atoms with van der Waals surface area (Å²) in [6, 6.07) is 3.19. The lowest BCUT2D eigenvalue weighted by molar-refractivity contribution is -0.182. The predicted octanol–water partition coefficient (Wildman–Crippen LogP) is 4.27. The van der Waals surface area contributed by atoms with E-state index >= 15 is 0 Å². The number of hydrogen-bond donors (Lipinski definition) is 1. The minimum atomic E-state index is -4.09. The third kappa shape index (κ3) is 3.51. The van der Waals surface area contributed by atoms with Gasteiger partial charge in [0.25, 0.3) is 0 Å². The molecular weight excluding hydrogens is 265 g/mol. The number of rotatable bonds is 2. The molecule has 18 heavy (non-hydrogen) atoms. The van der Waals surface area contributed by atoms with E-state index in [1.807, 2.05) is 0 Å². The number of halogens is 4. The molecule has 0 aliphatic heterocycles. The molecule has 1 fully saturated rings. The van der Waals surface area contributed by atoms with Crippen molar-refractivity contribution in [2.45, 2.75) is 37.9 Å². The van der Waals surface area contributed by atoms with Gasteiger partial charge in [-0.3, -0.25) is 0 Å². The van der Waals surface area contributed by atoms with Crippen molar-refractivity contribution in [1.82, 2.24) is 4.98 Å². The van der Waals surface area contributed by atoms with E-state index in [0.29, 0.717) is 11.6 Å². The van der Waals surface area contributed by atoms with Crippen LogP contribution in [0.5, 0.6) is 0 Å². The summed E-state index contributed by atoms with van der Waals surface area (Å²) >= 11 is 5.73. The fraction of sp³-hybridized carbons (Fsp3) is 0.583. The zero-order chi connectivity index (χ0) is 13.2. The number of nitrogens with one attached hydrogen (secondary N) is 1. The number of anilines is 1. The lowest BCUT2D eigenvalue weighted by Crippen LogP contribution is -2.34. The highest BCUT2D eigenvalue weighted by Gasteiger charge is 2.42. The van der Waals surface area contributed by atoms with Crippen molar-refractivity contribution in [2.24, 2.45) is 5.92 Å². The Hall–Kier alpha value is -0.970. The van der Waals surface area contributed by atoms with Gasteiger partial charge < -0.3 is 5.32 Å². The van der Waals surface area contributed by atoms with Gasteiger partial charge in [-0.15, -0.1) is 0 Å². The molecular formula is C12H14ClF3N2. The largest absolute Gasteiger partial charge is 0.391 e. The first-order valence-electron chi connectivity index (χ1n) is 5.90. The fourth-order valence-electron chi connectivity index (χ4n) is 2.35. The molecule has 100 valence electrons. The van der Waals surface area contributed by atoms with Crippen LogP contribution < -0.4 is 5.32 Å². The van der Waals surface area contributed by atoms with Gasteiger partial charge in [0, 0.05) is 17.9 Å². The number of pyridine rings is 1. The van der Waals surface area contributed by atoms with Crippen molar-refractivity contribution in [3.63, 3.8) is 0 Å². The summed E-state index contributed by atoms with van der Waals surface area (Å²) < 4.78 is 38.0. The highest BCUT2D eigenvalue weighted by Crippen LogP contribution is 2.38. The van der Waals surface area contributed by atoms with Gasteiger partial charge >= 0.3 is 6.18 Å². The van der Waals surface area contributed by atoms with Crippen LogP contribution in [-0.4, -0.2) is 17.2 Å². The average molecular weight is 279 g/mol. The molecule has 2 rings (SSSR count). The van der Waals surface area contributed by atoms with Crippen LogP contribution in [0.4, 0.5) is 18.9 Å². The van der Waals surface area contributed by atoms with Gasteiger partial charge in [-0.2, -0.15) is 13.2 Å². The molecule has 2 nitrogen and oxygen atoms in total. The second-order valence-electron chi connectivity index (χ2n) is 4.61. The molecule has 0 bridgehead atoms. The molecule has 0 saturated heterocycles. The average Bonchev–Trinajstić information content (AvgIpc) is 2.28. The van der Waals surface area contributed by atoms with Crippen molar-refractivity contribution < 1.29 is 13.2 Å². The summed E-state index contributed by atoms with van der Waals surface area (Å²) in [6.07, 6.45) is -0.833. The Morgan fingerprint density at radius 3 is 2.78 bits per heavy atom. The Kier molecular flexibility index (Phi) is 4.00. The SMILES string of the molecule is FC(F)(F)C1CCCC(Nc2ccnc(Cl)c2)C1. The van der Waals surface area contributed by atoms with E-state index in [0.717, 1.165) is 12.1 Å². The molecule has 1 aromatic heterocycles. The first-order valence-corrected chi connectivity index (χ1v) is 6.28. The van der Waals surface area contributed by atoms with Gasteiger partial charge in [-0.1, -0.05) is 18.0 Å². The van der Waals surface area contributed by atoms with Crippen molar-refractivity contribution in [3.8, 4) is 0 Å². The van der Waals surface area contributed by atoms with Crippen molar-refractivity contribution >= 4 is 17.3 Å². The third-order valence-electron chi connectivity index (χ3n) is 3.23. The molecule has 1 N–H and O–H groups in total. The molecule has 0 aromatic carbocycles. The van der Waals surface area contributed by atoms with Gasteiger partial charge in [0.2, 0.25) is 0 Å². The summed E-state index contributed by atoms with van der Waals surface area (Å²) in [6.45, 7) is 0. The normalized spacial score (nSPS) is 24.9. The number of nitrogens with zero attached hydrogens (tertiary/aromatic N) is 1. The Bertz CT molecular complexity index is 409. The lowest BCUT2D eigenvalue weighted by Gasteiger charge is -2.31. The summed E-state index contributed by atoms with van der Waals surface area (Å²) in [7, 11) is 0. The van der Waals surface area contributed by atoms with Crippen LogP contribution in [0.15, 0.2) is 18.3 Å². The maximum Gasteiger partial charge on any atom is 0.391 e. The summed E-state index contributed by atoms with van der Waals surface area (Å²) in [5.74, 6) is -1.19. The summed E-state index contributed by atoms with van der Waals surface area (Å²) in [5, 5.41) is 3.44. The van der Waals surface area contributed by atoms with Gasteiger partial charge in [0.1, 0.15) is 5.15 Å². The fourth-order valence-corrected chi connectivity index (χ4v) is 2.52. The molecule has 0 spiro atoms. The van der Waals surface area contributed by atoms with Gasteiger partial charge in [-0.25, -0.2) is 4.98 Å². The van der Waals surface area contributed by atoms with E-state index < -0.39 is 12.1 Å². The van der Waals surface area contributed by atoms with E-state index in [1.165, 1.54) is 6.20 Å². The number of hydrogen-bond acceptors (Lipinski definition) is 2. The Balaban J connectivity index is 1.98. The van der Waals surface area contributed by atoms with Crippen molar-refractivity contribution in [3.05, 3.63) is 23.5 Å². The van der Waals surface area contributed by atoms with E-state index in [9.17, 15) is 13.2 Å². The van der Waals surface area contributed by atoms with Crippen LogP contribution in [0, 0.1) is 5.92 Å². The Labute approximate surface area is 109 Å². The molecule has 0 amide bonds. The van der Waals surface area contributed by atoms with E-state index in [2.05, 4.69) is 10.3 Å². The molecule has 2 atom stereocenters. The molecule has 0 radical (unpaired) electrons. The van der Waals surface area contributed by atoms with E-state index in [1.54, 1.807) is 12.1 Å². The van der Waals surface area contributed by atoms with Crippen molar-refractivity contribution in [1.29, 1.82) is 0 Å². The zero-order valence-electron chi connectivity index (χ0n) is 9.67. The van der Waals surface area contributed by atoms with Crippen LogP contribution in [-0.2, 0) is 0 Å². The predicted molar refractivity (Wildman–Crippen MR) is 64.7 cm³/mol. The highest BCUT2D eigenvalue weighted by molar-refractivity contribution is 6.29. The van der Waals surface area contributed by atoms with Crippen LogP contribution in [0.3, 0.4) is 0 Å². The minimum absolute atomic E-state index is 0.128. The molecule has 6 heteroatoms. The second-order valence-corrected chi connectivity index (χ2v) is 5.00. The maximum absolute atomic E-state index is 12.7. The van der Waals surface area contributed by atoms with Gasteiger partial charge in [0.05, 0.1) is 5.92 Å². The lowest BCUT2D eigenvalue weighted by atomic mass is 9.85. The molecule has 1 aliphatic carbocycles. The third-order valence-corrected chi connectivity index (χ3v) is 3.44. The quantitative estimate of drug-likeness (QED) is 0.817. The van der Waals surface area contributed by atoms with Crippen molar-refractivity contribution in [2.75, 3.05) is 5.32 Å². The van der Waals surface area contributed by atoms with Gasteiger partial charge in [0.15, 0.2) is 0 Å². The van der Waals surface area contributed by atoms with E-state index in [-0.39, 0.29) is 18.9 Å². The molecule has 2 unspecified atom stereocenters. The summed E-state index contributed by atoms with van der Waals surface area (Å²) in [4.78, 5) is 3.83. The molecule has 1 aliphatic rings. The Morgan fingerprint density at radius 1 is 1.33 bits per heavy atom. The maximum atomic E-state index is 12.7. The van der Waals surface area contributed by atoms with Crippen LogP contribution in [0.25, 0.3) is 0 Å². The van der Waals surface area contributed by atoms with Gasteiger partial charge in [-0.05, 0) is 31.4 Å². The first-order chi connectivity index (χ1) is 8.45. The number of alkyl halides is 3. The zero-order valence-corrected chi connectivity index (χ0v) is 10.4. The molecule has 1 aromatic rings. The topological polar surface area (TPSA) is 24.9 Å². The van der Waals surface area contributed by atoms with Crippen LogP contribution in [0.1, 0.15) is 25.7 Å². The standard InChI is InChI=1S/C12H14ClF3N2/c13-11-7-10(4-5-17-11)18-9-3-1-2-8(6-9)12(14,15)16/h4-5,7-9H,1-3,6H2,(H,17,18). The minimum Gasteiger partial charge on any atom is -0.382 e. The first kappa shape index (κ1) is 13.5. The highest BCUT2D eigenvalue weighted by atomic mass is 35.5. The molecule has 1 heterocycles. The summed E-state index contributed by atoms with van der Waals surface area (Å²) in [5.41, 5.74) is 0.725. The van der Waals surface area contributed by atoms with Crippen LogP contribution >= 0.6 is 11.6 Å². The van der Waals surface area contributed by atoms with E-state index in [4.69, 9.17) is 11.6 Å². The second kappa shape index (κ2) is 5.34. The molecule has 1 saturated carbocycles.